The third-order valence-corrected chi connectivity index (χ3v) is 6.23. The molecule has 2 fully saturated rings. The maximum absolute atomic E-state index is 12.8. The van der Waals surface area contributed by atoms with E-state index >= 15 is 0 Å². The van der Waals surface area contributed by atoms with E-state index in [1.807, 2.05) is 15.9 Å². The van der Waals surface area contributed by atoms with Crippen molar-refractivity contribution < 1.29 is 14.0 Å². The second kappa shape index (κ2) is 7.95. The fourth-order valence-corrected chi connectivity index (χ4v) is 4.21. The van der Waals surface area contributed by atoms with Gasteiger partial charge in [0.15, 0.2) is 0 Å². The summed E-state index contributed by atoms with van der Waals surface area (Å²) in [6, 6.07) is 4.13. The van der Waals surface area contributed by atoms with Crippen molar-refractivity contribution in [3.63, 3.8) is 0 Å². The number of hydrogen-bond acceptors (Lipinski definition) is 4. The second-order valence-electron chi connectivity index (χ2n) is 8.07. The number of carbonyl (C=O) groups excluding carboxylic acids is 2. The van der Waals surface area contributed by atoms with Gasteiger partial charge >= 0.3 is 0 Å². The molecule has 0 radical (unpaired) electrons. The van der Waals surface area contributed by atoms with Gasteiger partial charge in [0, 0.05) is 50.2 Å². The highest BCUT2D eigenvalue weighted by molar-refractivity contribution is 5.89. The molecule has 1 aromatic heterocycles. The Bertz CT molecular complexity index is 875. The highest BCUT2D eigenvalue weighted by Gasteiger charge is 2.26. The van der Waals surface area contributed by atoms with Crippen molar-refractivity contribution >= 4 is 22.8 Å². The maximum Gasteiger partial charge on any atom is 0.236 e. The lowest BCUT2D eigenvalue weighted by molar-refractivity contribution is -0.134. The zero-order chi connectivity index (χ0) is 19.7. The van der Waals surface area contributed by atoms with Gasteiger partial charge in [-0.3, -0.25) is 14.5 Å². The van der Waals surface area contributed by atoms with Crippen LogP contribution in [0.4, 0.5) is 0 Å². The minimum absolute atomic E-state index is 0.131. The summed E-state index contributed by atoms with van der Waals surface area (Å²) in [4.78, 5) is 31.1. The van der Waals surface area contributed by atoms with Crippen molar-refractivity contribution in [1.29, 1.82) is 0 Å². The lowest BCUT2D eigenvalue weighted by Gasteiger charge is -2.35. The van der Waals surface area contributed by atoms with E-state index in [-0.39, 0.29) is 11.8 Å². The summed E-state index contributed by atoms with van der Waals surface area (Å²) in [5.74, 6) is 0.360. The Morgan fingerprint density at radius 3 is 2.32 bits per heavy atom. The van der Waals surface area contributed by atoms with E-state index < -0.39 is 0 Å². The SMILES string of the molecule is Cc1ccc2c(CC(=O)N3CCN(CC(=O)N4CCCC4)CC3)coc2c1C. The van der Waals surface area contributed by atoms with Crippen molar-refractivity contribution in [1.82, 2.24) is 14.7 Å². The van der Waals surface area contributed by atoms with Gasteiger partial charge in [0.1, 0.15) is 5.58 Å². The summed E-state index contributed by atoms with van der Waals surface area (Å²) in [5, 5.41) is 1.03. The predicted octanol–water partition coefficient (Wildman–Crippen LogP) is 2.36. The number of nitrogens with zero attached hydrogens (tertiary/aromatic N) is 3. The van der Waals surface area contributed by atoms with Crippen LogP contribution in [0.15, 0.2) is 22.8 Å². The Kier molecular flexibility index (Phi) is 5.40. The summed E-state index contributed by atoms with van der Waals surface area (Å²) in [6.07, 6.45) is 4.33. The number of likely N-dealkylation sites (tertiary alicyclic amines) is 1. The number of piperazine rings is 1. The van der Waals surface area contributed by atoms with Crippen LogP contribution in [0.25, 0.3) is 11.0 Å². The second-order valence-corrected chi connectivity index (χ2v) is 8.07. The quantitative estimate of drug-likeness (QED) is 0.813. The van der Waals surface area contributed by atoms with Crippen molar-refractivity contribution in [3.05, 3.63) is 35.1 Å². The summed E-state index contributed by atoms with van der Waals surface area (Å²) in [6.45, 7) is 9.27. The van der Waals surface area contributed by atoms with Crippen LogP contribution in [-0.4, -0.2) is 72.3 Å². The summed E-state index contributed by atoms with van der Waals surface area (Å²) in [7, 11) is 0. The minimum atomic E-state index is 0.131. The van der Waals surface area contributed by atoms with Gasteiger partial charge in [0.25, 0.3) is 0 Å². The molecule has 1 aromatic carbocycles. The topological polar surface area (TPSA) is 57.0 Å². The molecular weight excluding hydrogens is 354 g/mol. The van der Waals surface area contributed by atoms with Crippen LogP contribution >= 0.6 is 0 Å². The standard InChI is InChI=1S/C22H29N3O3/c1-16-5-6-19-18(15-28-22(19)17(16)2)13-20(26)25-11-9-23(10-12-25)14-21(27)24-7-3-4-8-24/h5-6,15H,3-4,7-14H2,1-2H3. The number of fused-ring (bicyclic) bond motifs is 1. The lowest BCUT2D eigenvalue weighted by Crippen LogP contribution is -2.51. The molecule has 28 heavy (non-hydrogen) atoms. The number of benzene rings is 1. The van der Waals surface area contributed by atoms with E-state index in [2.05, 4.69) is 24.8 Å². The molecule has 2 saturated heterocycles. The molecule has 0 atom stereocenters. The Morgan fingerprint density at radius 1 is 0.929 bits per heavy atom. The zero-order valence-electron chi connectivity index (χ0n) is 16.9. The fraction of sp³-hybridized carbons (Fsp3) is 0.545. The molecule has 0 unspecified atom stereocenters. The Hall–Kier alpha value is -2.34. The van der Waals surface area contributed by atoms with Crippen LogP contribution in [0.1, 0.15) is 29.5 Å². The van der Waals surface area contributed by atoms with Crippen LogP contribution in [0.3, 0.4) is 0 Å². The number of rotatable bonds is 4. The molecular formula is C22H29N3O3. The van der Waals surface area contributed by atoms with Gasteiger partial charge in [-0.2, -0.15) is 0 Å². The molecule has 0 aliphatic carbocycles. The van der Waals surface area contributed by atoms with Gasteiger partial charge in [-0.25, -0.2) is 0 Å². The number of hydrogen-bond donors (Lipinski definition) is 0. The molecule has 3 heterocycles. The third-order valence-electron chi connectivity index (χ3n) is 6.23. The number of carbonyl (C=O) groups is 2. The van der Waals surface area contributed by atoms with Crippen molar-refractivity contribution in [2.75, 3.05) is 45.8 Å². The van der Waals surface area contributed by atoms with Crippen LogP contribution in [0.2, 0.25) is 0 Å². The van der Waals surface area contributed by atoms with Crippen molar-refractivity contribution in [3.8, 4) is 0 Å². The summed E-state index contributed by atoms with van der Waals surface area (Å²) < 4.78 is 5.74. The molecule has 0 bridgehead atoms. The molecule has 150 valence electrons. The number of furan rings is 1. The highest BCUT2D eigenvalue weighted by atomic mass is 16.3. The predicted molar refractivity (Wildman–Crippen MR) is 108 cm³/mol. The first-order chi connectivity index (χ1) is 13.5. The molecule has 2 aliphatic rings. The first-order valence-electron chi connectivity index (χ1n) is 10.3. The monoisotopic (exact) mass is 383 g/mol. The van der Waals surface area contributed by atoms with Crippen LogP contribution in [-0.2, 0) is 16.0 Å². The van der Waals surface area contributed by atoms with Gasteiger partial charge in [-0.15, -0.1) is 0 Å². The average Bonchev–Trinajstić information content (AvgIpc) is 3.36. The Morgan fingerprint density at radius 2 is 1.61 bits per heavy atom. The van der Waals surface area contributed by atoms with Crippen molar-refractivity contribution in [2.45, 2.75) is 33.1 Å². The van der Waals surface area contributed by atoms with E-state index in [9.17, 15) is 9.59 Å². The molecule has 0 saturated carbocycles. The summed E-state index contributed by atoms with van der Waals surface area (Å²) >= 11 is 0. The lowest BCUT2D eigenvalue weighted by atomic mass is 10.0. The maximum atomic E-state index is 12.8. The zero-order valence-corrected chi connectivity index (χ0v) is 16.9. The highest BCUT2D eigenvalue weighted by Crippen LogP contribution is 2.27. The largest absolute Gasteiger partial charge is 0.464 e. The smallest absolute Gasteiger partial charge is 0.236 e. The van der Waals surface area contributed by atoms with Gasteiger partial charge in [0.05, 0.1) is 19.2 Å². The molecule has 2 aliphatic heterocycles. The fourth-order valence-electron chi connectivity index (χ4n) is 4.21. The number of amides is 2. The minimum Gasteiger partial charge on any atom is -0.464 e. The van der Waals surface area contributed by atoms with Crippen LogP contribution < -0.4 is 0 Å². The third kappa shape index (κ3) is 3.78. The van der Waals surface area contributed by atoms with E-state index in [4.69, 9.17) is 4.42 Å². The molecule has 4 rings (SSSR count). The van der Waals surface area contributed by atoms with Gasteiger partial charge < -0.3 is 14.2 Å². The molecule has 0 spiro atoms. The van der Waals surface area contributed by atoms with Crippen molar-refractivity contribution in [2.24, 2.45) is 0 Å². The Balaban J connectivity index is 1.32. The molecule has 2 amide bonds. The normalized spacial score (nSPS) is 18.2. The Labute approximate surface area is 166 Å². The van der Waals surface area contributed by atoms with Gasteiger partial charge in [-0.1, -0.05) is 12.1 Å². The number of aryl methyl sites for hydroxylation is 2. The van der Waals surface area contributed by atoms with E-state index in [0.29, 0.717) is 26.1 Å². The molecule has 0 N–H and O–H groups in total. The van der Waals surface area contributed by atoms with Gasteiger partial charge in [0.2, 0.25) is 11.8 Å². The molecule has 6 nitrogen and oxygen atoms in total. The van der Waals surface area contributed by atoms with E-state index in [1.54, 1.807) is 6.26 Å². The van der Waals surface area contributed by atoms with E-state index in [0.717, 1.165) is 61.1 Å². The first-order valence-corrected chi connectivity index (χ1v) is 10.3. The van der Waals surface area contributed by atoms with Gasteiger partial charge in [-0.05, 0) is 37.8 Å². The van der Waals surface area contributed by atoms with Crippen LogP contribution in [0.5, 0.6) is 0 Å². The average molecular weight is 383 g/mol. The summed E-state index contributed by atoms with van der Waals surface area (Å²) in [5.41, 5.74) is 4.16. The molecule has 6 heteroatoms. The molecule has 2 aromatic rings. The van der Waals surface area contributed by atoms with Crippen LogP contribution in [0, 0.1) is 13.8 Å². The first kappa shape index (κ1) is 19.0. The van der Waals surface area contributed by atoms with E-state index in [1.165, 1.54) is 5.56 Å².